The minimum Gasteiger partial charge on any atom is -0.410 e. The number of benzene rings is 3. The van der Waals surface area contributed by atoms with Crippen LogP contribution in [0.15, 0.2) is 84.9 Å². The maximum atomic E-state index is 13.1. The van der Waals surface area contributed by atoms with Gasteiger partial charge in [0.15, 0.2) is 0 Å². The number of para-hydroxylation sites is 2. The quantitative estimate of drug-likeness (QED) is 0.656. The van der Waals surface area contributed by atoms with Crippen LogP contribution in [0.2, 0.25) is 0 Å². The lowest BCUT2D eigenvalue weighted by molar-refractivity contribution is 0.0564. The number of carbonyl (C=O) groups excluding carboxylic acids is 2. The fourth-order valence-corrected chi connectivity index (χ4v) is 3.27. The molecule has 1 heterocycles. The third-order valence-corrected chi connectivity index (χ3v) is 4.80. The van der Waals surface area contributed by atoms with E-state index in [4.69, 9.17) is 9.47 Å². The molecule has 0 bridgehead atoms. The number of ether oxygens (including phenoxy) is 2. The van der Waals surface area contributed by atoms with Gasteiger partial charge >= 0.3 is 12.1 Å². The van der Waals surface area contributed by atoms with Crippen LogP contribution in [0.1, 0.15) is 0 Å². The zero-order valence-corrected chi connectivity index (χ0v) is 16.9. The van der Waals surface area contributed by atoms with E-state index in [1.54, 1.807) is 29.2 Å². The number of urea groups is 1. The summed E-state index contributed by atoms with van der Waals surface area (Å²) in [7, 11) is 0. The fraction of sp³-hybridized carbons (Fsp3) is 0.167. The van der Waals surface area contributed by atoms with Gasteiger partial charge in [-0.15, -0.1) is 0 Å². The van der Waals surface area contributed by atoms with E-state index in [1.807, 2.05) is 60.7 Å². The Morgan fingerprint density at radius 3 is 2.06 bits per heavy atom. The highest BCUT2D eigenvalue weighted by atomic mass is 16.6. The molecule has 31 heavy (non-hydrogen) atoms. The van der Waals surface area contributed by atoms with Crippen molar-refractivity contribution in [2.45, 2.75) is 0 Å². The molecule has 1 aliphatic heterocycles. The standard InChI is InChI=1S/C24H23N3O4/c28-23(26-14-16-30-17-15-26)25-19-8-7-13-22(18-19)31-24(29)27(20-9-3-1-4-10-20)21-11-5-2-6-12-21/h1-13,18H,14-17H2,(H,25,28). The summed E-state index contributed by atoms with van der Waals surface area (Å²) >= 11 is 0. The van der Waals surface area contributed by atoms with Crippen LogP contribution in [0.5, 0.6) is 5.75 Å². The number of hydrogen-bond donors (Lipinski definition) is 1. The summed E-state index contributed by atoms with van der Waals surface area (Å²) in [6.07, 6.45) is -0.547. The first-order valence-electron chi connectivity index (χ1n) is 10.1. The molecule has 4 rings (SSSR count). The SMILES string of the molecule is O=C(Nc1cccc(OC(=O)N(c2ccccc2)c2ccccc2)c1)N1CCOCC1. The molecule has 0 aromatic heterocycles. The average molecular weight is 417 g/mol. The van der Waals surface area contributed by atoms with E-state index in [1.165, 1.54) is 4.90 Å². The van der Waals surface area contributed by atoms with Gasteiger partial charge in [0.05, 0.1) is 24.6 Å². The summed E-state index contributed by atoms with van der Waals surface area (Å²) in [6, 6.07) is 25.2. The third-order valence-electron chi connectivity index (χ3n) is 4.80. The van der Waals surface area contributed by atoms with Crippen LogP contribution < -0.4 is 15.0 Å². The Hall–Kier alpha value is -3.84. The second-order valence-corrected chi connectivity index (χ2v) is 6.93. The zero-order chi connectivity index (χ0) is 21.5. The fourth-order valence-electron chi connectivity index (χ4n) is 3.27. The number of carbonyl (C=O) groups is 2. The van der Waals surface area contributed by atoms with Crippen LogP contribution in [0.3, 0.4) is 0 Å². The van der Waals surface area contributed by atoms with E-state index < -0.39 is 6.09 Å². The number of nitrogens with one attached hydrogen (secondary N) is 1. The summed E-state index contributed by atoms with van der Waals surface area (Å²) in [5.74, 6) is 0.335. The van der Waals surface area contributed by atoms with Gasteiger partial charge in [0.1, 0.15) is 5.75 Å². The van der Waals surface area contributed by atoms with Crippen molar-refractivity contribution in [3.05, 3.63) is 84.9 Å². The Bertz CT molecular complexity index is 982. The van der Waals surface area contributed by atoms with Crippen LogP contribution in [0.25, 0.3) is 0 Å². The largest absolute Gasteiger partial charge is 0.424 e. The molecule has 0 spiro atoms. The second-order valence-electron chi connectivity index (χ2n) is 6.93. The molecule has 0 atom stereocenters. The summed E-state index contributed by atoms with van der Waals surface area (Å²) in [5.41, 5.74) is 1.93. The van der Waals surface area contributed by atoms with Gasteiger partial charge in [-0.2, -0.15) is 0 Å². The smallest absolute Gasteiger partial charge is 0.410 e. The van der Waals surface area contributed by atoms with Gasteiger partial charge in [-0.1, -0.05) is 42.5 Å². The van der Waals surface area contributed by atoms with Gasteiger partial charge in [0, 0.05) is 24.8 Å². The molecule has 1 saturated heterocycles. The molecule has 3 aromatic carbocycles. The van der Waals surface area contributed by atoms with Crippen LogP contribution in [-0.4, -0.2) is 43.3 Å². The topological polar surface area (TPSA) is 71.1 Å². The Balaban J connectivity index is 1.50. The lowest BCUT2D eigenvalue weighted by Gasteiger charge is -2.27. The van der Waals surface area contributed by atoms with Crippen molar-refractivity contribution in [3.63, 3.8) is 0 Å². The van der Waals surface area contributed by atoms with Crippen molar-refractivity contribution in [2.75, 3.05) is 36.5 Å². The van der Waals surface area contributed by atoms with Crippen molar-refractivity contribution in [2.24, 2.45) is 0 Å². The summed E-state index contributed by atoms with van der Waals surface area (Å²) < 4.78 is 10.9. The summed E-state index contributed by atoms with van der Waals surface area (Å²) in [4.78, 5) is 28.7. The number of rotatable bonds is 4. The first-order valence-corrected chi connectivity index (χ1v) is 10.1. The number of amides is 3. The Labute approximate surface area is 180 Å². The third kappa shape index (κ3) is 5.21. The van der Waals surface area contributed by atoms with E-state index in [9.17, 15) is 9.59 Å². The highest BCUT2D eigenvalue weighted by Crippen LogP contribution is 2.27. The first-order chi connectivity index (χ1) is 15.2. The molecule has 0 radical (unpaired) electrons. The van der Waals surface area contributed by atoms with Crippen LogP contribution in [-0.2, 0) is 4.74 Å². The molecule has 3 amide bonds. The lowest BCUT2D eigenvalue weighted by Crippen LogP contribution is -2.43. The maximum absolute atomic E-state index is 13.1. The second kappa shape index (κ2) is 9.77. The van der Waals surface area contributed by atoms with Crippen LogP contribution in [0, 0.1) is 0 Å². The monoisotopic (exact) mass is 417 g/mol. The molecule has 3 aromatic rings. The molecule has 0 aliphatic carbocycles. The van der Waals surface area contributed by atoms with Crippen molar-refractivity contribution in [1.29, 1.82) is 0 Å². The van der Waals surface area contributed by atoms with Crippen molar-refractivity contribution in [1.82, 2.24) is 4.90 Å². The summed E-state index contributed by atoms with van der Waals surface area (Å²) in [6.45, 7) is 2.15. The van der Waals surface area contributed by atoms with Gasteiger partial charge in [0.25, 0.3) is 0 Å². The van der Waals surface area contributed by atoms with Crippen molar-refractivity contribution >= 4 is 29.2 Å². The lowest BCUT2D eigenvalue weighted by atomic mass is 10.2. The number of morpholine rings is 1. The predicted molar refractivity (Wildman–Crippen MR) is 119 cm³/mol. The molecule has 1 aliphatic rings. The van der Waals surface area contributed by atoms with Crippen molar-refractivity contribution in [3.8, 4) is 5.75 Å². The molecule has 1 fully saturated rings. The normalized spacial score (nSPS) is 13.4. The van der Waals surface area contributed by atoms with E-state index in [0.29, 0.717) is 49.1 Å². The number of anilines is 3. The zero-order valence-electron chi connectivity index (χ0n) is 16.9. The average Bonchev–Trinajstić information content (AvgIpc) is 2.81. The molecule has 158 valence electrons. The number of hydrogen-bond acceptors (Lipinski definition) is 4. The minimum atomic E-state index is -0.547. The molecule has 0 saturated carbocycles. The Morgan fingerprint density at radius 1 is 0.839 bits per heavy atom. The van der Waals surface area contributed by atoms with Crippen LogP contribution in [0.4, 0.5) is 26.7 Å². The molecule has 7 heteroatoms. The predicted octanol–water partition coefficient (Wildman–Crippen LogP) is 4.89. The van der Waals surface area contributed by atoms with E-state index in [-0.39, 0.29) is 6.03 Å². The van der Waals surface area contributed by atoms with Gasteiger partial charge in [-0.05, 0) is 36.4 Å². The van der Waals surface area contributed by atoms with Crippen molar-refractivity contribution < 1.29 is 19.1 Å². The van der Waals surface area contributed by atoms with Crippen LogP contribution >= 0.6 is 0 Å². The number of nitrogens with zero attached hydrogens (tertiary/aromatic N) is 2. The van der Waals surface area contributed by atoms with Gasteiger partial charge in [-0.3, -0.25) is 0 Å². The van der Waals surface area contributed by atoms with E-state index >= 15 is 0 Å². The Morgan fingerprint density at radius 2 is 1.45 bits per heavy atom. The summed E-state index contributed by atoms with van der Waals surface area (Å²) in [5, 5.41) is 2.84. The molecular formula is C24H23N3O4. The maximum Gasteiger partial charge on any atom is 0.424 e. The molecule has 7 nitrogen and oxygen atoms in total. The van der Waals surface area contributed by atoms with Gasteiger partial charge in [-0.25, -0.2) is 14.5 Å². The molecular weight excluding hydrogens is 394 g/mol. The van der Waals surface area contributed by atoms with Gasteiger partial charge < -0.3 is 19.7 Å². The van der Waals surface area contributed by atoms with E-state index in [2.05, 4.69) is 5.32 Å². The minimum absolute atomic E-state index is 0.207. The molecule has 1 N–H and O–H groups in total. The molecule has 0 unspecified atom stereocenters. The Kier molecular flexibility index (Phi) is 6.44. The first kappa shape index (κ1) is 20.4. The van der Waals surface area contributed by atoms with Gasteiger partial charge in [0.2, 0.25) is 0 Å². The highest BCUT2D eigenvalue weighted by molar-refractivity contribution is 5.97. The highest BCUT2D eigenvalue weighted by Gasteiger charge is 2.21. The van der Waals surface area contributed by atoms with E-state index in [0.717, 1.165) is 0 Å².